The van der Waals surface area contributed by atoms with Gasteiger partial charge in [-0.15, -0.1) is 5.10 Å². The van der Waals surface area contributed by atoms with E-state index in [0.717, 1.165) is 73.6 Å². The van der Waals surface area contributed by atoms with Gasteiger partial charge in [0, 0.05) is 30.0 Å². The number of amides is 2. The number of hydrogen-bond donors (Lipinski definition) is 2. The highest BCUT2D eigenvalue weighted by Crippen LogP contribution is 2.43. The van der Waals surface area contributed by atoms with Crippen molar-refractivity contribution >= 4 is 23.0 Å². The minimum Gasteiger partial charge on any atom is -0.487 e. The van der Waals surface area contributed by atoms with Crippen LogP contribution in [0.15, 0.2) is 27.7 Å². The average Bonchev–Trinajstić information content (AvgIpc) is 2.89. The van der Waals surface area contributed by atoms with Crippen LogP contribution in [-0.4, -0.2) is 29.7 Å². The summed E-state index contributed by atoms with van der Waals surface area (Å²) < 4.78 is 18.0. The fraction of sp³-hybridized carbons (Fsp3) is 0.645. The zero-order valence-electron chi connectivity index (χ0n) is 23.9. The summed E-state index contributed by atoms with van der Waals surface area (Å²) in [5, 5.41) is 8.23. The fourth-order valence-electron chi connectivity index (χ4n) is 6.32. The summed E-state index contributed by atoms with van der Waals surface area (Å²) in [7, 11) is 0. The van der Waals surface area contributed by atoms with Crippen LogP contribution in [0.3, 0.4) is 0 Å². The first kappa shape index (κ1) is 27.5. The van der Waals surface area contributed by atoms with Gasteiger partial charge in [0.15, 0.2) is 0 Å². The topological polar surface area (TPSA) is 102 Å². The molecular weight excluding hydrogens is 494 g/mol. The molecule has 1 spiro atoms. The van der Waals surface area contributed by atoms with E-state index in [2.05, 4.69) is 21.9 Å². The summed E-state index contributed by atoms with van der Waals surface area (Å²) in [6, 6.07) is 6.08. The Morgan fingerprint density at radius 1 is 1.05 bits per heavy atom. The van der Waals surface area contributed by atoms with Crippen LogP contribution in [0, 0.1) is 18.8 Å². The van der Waals surface area contributed by atoms with Crippen molar-refractivity contribution in [1.29, 1.82) is 0 Å². The zero-order valence-corrected chi connectivity index (χ0v) is 23.9. The van der Waals surface area contributed by atoms with Gasteiger partial charge < -0.3 is 19.2 Å². The van der Waals surface area contributed by atoms with Crippen LogP contribution in [0.5, 0.6) is 5.75 Å². The number of ether oxygens (including phenoxy) is 2. The lowest BCUT2D eigenvalue weighted by Gasteiger charge is -2.41. The van der Waals surface area contributed by atoms with Gasteiger partial charge >= 0.3 is 6.09 Å². The summed E-state index contributed by atoms with van der Waals surface area (Å²) in [4.78, 5) is 24.8. The molecule has 1 aromatic carbocycles. The van der Waals surface area contributed by atoms with Crippen LogP contribution in [-0.2, 0) is 16.0 Å². The summed E-state index contributed by atoms with van der Waals surface area (Å²) in [6.07, 6.45) is 11.0. The molecule has 2 aliphatic carbocycles. The predicted molar refractivity (Wildman–Crippen MR) is 149 cm³/mol. The first-order valence-electron chi connectivity index (χ1n) is 14.7. The van der Waals surface area contributed by atoms with Crippen molar-refractivity contribution < 1.29 is 23.5 Å². The van der Waals surface area contributed by atoms with Crippen molar-refractivity contribution in [3.63, 3.8) is 0 Å². The molecule has 1 aromatic heterocycles. The molecular formula is C31H43N3O5. The Morgan fingerprint density at radius 2 is 1.79 bits per heavy atom. The second-order valence-electron chi connectivity index (χ2n) is 12.8. The summed E-state index contributed by atoms with van der Waals surface area (Å²) in [5.74, 6) is 1.09. The largest absolute Gasteiger partial charge is 0.487 e. The molecule has 8 heteroatoms. The van der Waals surface area contributed by atoms with Gasteiger partial charge in [0.2, 0.25) is 11.5 Å². The summed E-state index contributed by atoms with van der Waals surface area (Å²) >= 11 is 0. The second kappa shape index (κ2) is 11.2. The molecule has 3 aliphatic rings. The maximum atomic E-state index is 12.9. The van der Waals surface area contributed by atoms with E-state index in [1.54, 1.807) is 0 Å². The Hall–Kier alpha value is -3.03. The minimum absolute atomic E-state index is 0.0191. The minimum atomic E-state index is -0.510. The molecule has 1 aliphatic heterocycles. The number of carbonyl (C=O) groups excluding carboxylic acids is 2. The van der Waals surface area contributed by atoms with E-state index in [0.29, 0.717) is 18.0 Å². The molecule has 2 saturated carbocycles. The highest BCUT2D eigenvalue weighted by atomic mass is 16.6. The van der Waals surface area contributed by atoms with Gasteiger partial charge in [-0.1, -0.05) is 6.42 Å². The lowest BCUT2D eigenvalue weighted by Crippen LogP contribution is -2.41. The third-order valence-electron chi connectivity index (χ3n) is 8.51. The Balaban J connectivity index is 1.19. The predicted octanol–water partition coefficient (Wildman–Crippen LogP) is 6.03. The summed E-state index contributed by atoms with van der Waals surface area (Å²) in [6.45, 7) is 8.16. The van der Waals surface area contributed by atoms with Crippen molar-refractivity contribution in [3.8, 4) is 5.75 Å². The number of carbonyl (C=O) groups is 2. The molecule has 8 nitrogen and oxygen atoms in total. The van der Waals surface area contributed by atoms with Crippen molar-refractivity contribution in [1.82, 2.24) is 10.7 Å². The van der Waals surface area contributed by atoms with E-state index in [4.69, 9.17) is 13.9 Å². The van der Waals surface area contributed by atoms with Crippen LogP contribution in [0.4, 0.5) is 4.79 Å². The van der Waals surface area contributed by atoms with Crippen LogP contribution in [0.2, 0.25) is 0 Å². The molecule has 2 amide bonds. The molecule has 2 aromatic rings. The van der Waals surface area contributed by atoms with Gasteiger partial charge in [0.05, 0.1) is 0 Å². The quantitative estimate of drug-likeness (QED) is 0.464. The van der Waals surface area contributed by atoms with Crippen molar-refractivity contribution in [2.24, 2.45) is 16.9 Å². The molecule has 0 radical (unpaired) electrons. The molecule has 5 rings (SSSR count). The normalized spacial score (nSPS) is 23.1. The number of hydrogen-bond acceptors (Lipinski definition) is 6. The van der Waals surface area contributed by atoms with E-state index >= 15 is 0 Å². The van der Waals surface area contributed by atoms with E-state index < -0.39 is 11.7 Å². The van der Waals surface area contributed by atoms with Crippen molar-refractivity contribution in [2.45, 2.75) is 110 Å². The Kier molecular flexibility index (Phi) is 7.92. The van der Waals surface area contributed by atoms with Gasteiger partial charge in [-0.2, -0.15) is 0 Å². The third-order valence-corrected chi connectivity index (χ3v) is 8.51. The van der Waals surface area contributed by atoms with Crippen molar-refractivity contribution in [3.05, 3.63) is 34.9 Å². The molecule has 0 saturated heterocycles. The molecule has 2 fully saturated rings. The van der Waals surface area contributed by atoms with E-state index in [1.807, 2.05) is 39.8 Å². The lowest BCUT2D eigenvalue weighted by molar-refractivity contribution is -0.126. The zero-order chi connectivity index (χ0) is 27.6. The maximum absolute atomic E-state index is 12.9. The SMILES string of the molecule is Cc1cc(=NNC(=O)C2CCC(CNC(=O)OC(C)(C)C)CC2)oc2cc3c(cc12)CCC1(CCCCC1)O3. The standard InChI is InChI=1S/C31H43N3O5/c1-20-16-27(33-34-28(35)22-10-8-21(9-11-22)19-32-29(36)39-30(2,3)4)37-26-18-25-23(17-24(20)26)12-15-31(38-25)13-6-5-7-14-31/h16-18,21-22H,5-15,19H2,1-4H3,(H,32,36)(H,34,35). The molecule has 39 heavy (non-hydrogen) atoms. The maximum Gasteiger partial charge on any atom is 0.407 e. The van der Waals surface area contributed by atoms with E-state index in [1.165, 1.54) is 24.8 Å². The van der Waals surface area contributed by atoms with Crippen LogP contribution in [0.1, 0.15) is 96.1 Å². The third kappa shape index (κ3) is 6.76. The molecule has 0 atom stereocenters. The highest BCUT2D eigenvalue weighted by molar-refractivity contribution is 5.83. The number of nitrogens with one attached hydrogen (secondary N) is 2. The molecule has 212 valence electrons. The number of aryl methyl sites for hydroxylation is 2. The van der Waals surface area contributed by atoms with Gasteiger partial charge in [0.1, 0.15) is 22.5 Å². The van der Waals surface area contributed by atoms with Crippen LogP contribution in [0.25, 0.3) is 11.0 Å². The van der Waals surface area contributed by atoms with E-state index in [-0.39, 0.29) is 17.4 Å². The molecule has 0 bridgehead atoms. The van der Waals surface area contributed by atoms with Crippen LogP contribution < -0.4 is 21.0 Å². The van der Waals surface area contributed by atoms with Crippen molar-refractivity contribution in [2.75, 3.05) is 6.54 Å². The fourth-order valence-corrected chi connectivity index (χ4v) is 6.32. The first-order valence-corrected chi connectivity index (χ1v) is 14.7. The number of benzene rings is 1. The Morgan fingerprint density at radius 3 is 2.51 bits per heavy atom. The van der Waals surface area contributed by atoms with Gasteiger partial charge in [0.25, 0.3) is 0 Å². The lowest BCUT2D eigenvalue weighted by atomic mass is 9.79. The van der Waals surface area contributed by atoms with Gasteiger partial charge in [-0.3, -0.25) is 4.79 Å². The molecule has 2 N–H and O–H groups in total. The second-order valence-corrected chi connectivity index (χ2v) is 12.8. The summed E-state index contributed by atoms with van der Waals surface area (Å²) in [5.41, 5.74) is 5.61. The van der Waals surface area contributed by atoms with Crippen LogP contribution >= 0.6 is 0 Å². The first-order chi connectivity index (χ1) is 18.6. The van der Waals surface area contributed by atoms with E-state index in [9.17, 15) is 9.59 Å². The van der Waals surface area contributed by atoms with Gasteiger partial charge in [-0.25, -0.2) is 10.2 Å². The highest BCUT2D eigenvalue weighted by Gasteiger charge is 2.37. The number of rotatable bonds is 4. The number of fused-ring (bicyclic) bond motifs is 2. The number of alkyl carbamates (subject to hydrolysis) is 1. The number of nitrogens with zero attached hydrogens (tertiary/aromatic N) is 1. The Bertz CT molecular complexity index is 1280. The average molecular weight is 538 g/mol. The Labute approximate surface area is 230 Å². The smallest absolute Gasteiger partial charge is 0.407 e. The monoisotopic (exact) mass is 537 g/mol. The molecule has 2 heterocycles. The van der Waals surface area contributed by atoms with Gasteiger partial charge in [-0.05, 0) is 115 Å². The molecule has 0 unspecified atom stereocenters.